The highest BCUT2D eigenvalue weighted by atomic mass is 127. The number of fused-ring (bicyclic) bond motifs is 2. The number of ether oxygens (including phenoxy) is 2. The van der Waals surface area contributed by atoms with Crippen LogP contribution in [-0.4, -0.2) is 26.8 Å². The van der Waals surface area contributed by atoms with Crippen LogP contribution < -0.4 is 10.6 Å². The molecule has 1 aromatic carbocycles. The molecule has 2 atom stereocenters. The van der Waals surface area contributed by atoms with Crippen LogP contribution in [0.2, 0.25) is 0 Å². The number of carbonyl (C=O) groups is 2. The fourth-order valence-electron chi connectivity index (χ4n) is 2.57. The molecule has 8 heteroatoms. The maximum absolute atomic E-state index is 12.3. The van der Waals surface area contributed by atoms with Gasteiger partial charge in [0.2, 0.25) is 0 Å². The number of aliphatic hydroxyl groups excluding tert-OH is 1. The Morgan fingerprint density at radius 2 is 2.21 bits per heavy atom. The van der Waals surface area contributed by atoms with E-state index in [4.69, 9.17) is 15.3 Å². The smallest absolute Gasteiger partial charge is 0.335 e. The second-order valence-corrected chi connectivity index (χ2v) is 6.69. The number of cyclic esters (lactones) is 1. The third-order valence-corrected chi connectivity index (χ3v) is 4.18. The summed E-state index contributed by atoms with van der Waals surface area (Å²) in [5.74, 6) is 4.00. The normalized spacial score (nSPS) is 21.0. The zero-order valence-corrected chi connectivity index (χ0v) is 14.7. The minimum atomic E-state index is -0.818. The molecule has 24 heavy (non-hydrogen) atoms. The molecule has 1 aliphatic heterocycles. The Bertz CT molecular complexity index is 744. The molecule has 0 saturated heterocycles. The van der Waals surface area contributed by atoms with Crippen molar-refractivity contribution in [1.29, 1.82) is 0 Å². The summed E-state index contributed by atoms with van der Waals surface area (Å²) in [5, 5.41) is 10.1. The van der Waals surface area contributed by atoms with E-state index < -0.39 is 24.0 Å². The van der Waals surface area contributed by atoms with Crippen LogP contribution in [0.25, 0.3) is 0 Å². The van der Waals surface area contributed by atoms with E-state index in [1.54, 1.807) is 36.4 Å². The predicted molar refractivity (Wildman–Crippen MR) is 92.5 cm³/mol. The summed E-state index contributed by atoms with van der Waals surface area (Å²) >= 11 is 1.86. The van der Waals surface area contributed by atoms with Gasteiger partial charge in [-0.1, -0.05) is 24.3 Å². The highest BCUT2D eigenvalue weighted by Gasteiger charge is 2.32. The molecule has 3 rings (SSSR count). The van der Waals surface area contributed by atoms with Gasteiger partial charge < -0.3 is 14.6 Å². The van der Waals surface area contributed by atoms with Crippen molar-refractivity contribution in [2.75, 3.05) is 6.54 Å². The van der Waals surface area contributed by atoms with Gasteiger partial charge >= 0.3 is 11.9 Å². The van der Waals surface area contributed by atoms with Crippen LogP contribution in [0.1, 0.15) is 17.2 Å². The molecule has 0 aromatic heterocycles. The van der Waals surface area contributed by atoms with Crippen LogP contribution in [0.5, 0.6) is 5.75 Å². The van der Waals surface area contributed by atoms with Gasteiger partial charge in [0, 0.05) is 28.4 Å². The van der Waals surface area contributed by atoms with Crippen LogP contribution in [0.4, 0.5) is 0 Å². The molecule has 1 heterocycles. The SMILES string of the molecule is NN(I)CC(O)c1ccc2c(c1)COC(=O)C1=CC=CC1C(=O)O2. The second-order valence-electron chi connectivity index (χ2n) is 5.45. The number of hydrogen-bond donors (Lipinski definition) is 2. The molecule has 3 N–H and O–H groups in total. The summed E-state index contributed by atoms with van der Waals surface area (Å²) in [5.41, 5.74) is 1.36. The van der Waals surface area contributed by atoms with Crippen molar-refractivity contribution in [2.45, 2.75) is 12.7 Å². The zero-order chi connectivity index (χ0) is 17.3. The van der Waals surface area contributed by atoms with Gasteiger partial charge in [-0.25, -0.2) is 4.79 Å². The molecule has 126 valence electrons. The number of esters is 2. The first-order valence-electron chi connectivity index (χ1n) is 7.22. The number of benzene rings is 1. The van der Waals surface area contributed by atoms with Crippen molar-refractivity contribution >= 4 is 34.8 Å². The second kappa shape index (κ2) is 7.01. The number of hydrazine groups is 1. The van der Waals surface area contributed by atoms with E-state index in [1.807, 2.05) is 22.9 Å². The Labute approximate surface area is 152 Å². The third kappa shape index (κ3) is 3.51. The van der Waals surface area contributed by atoms with Crippen LogP contribution in [0, 0.1) is 5.92 Å². The Morgan fingerprint density at radius 1 is 1.42 bits per heavy atom. The van der Waals surface area contributed by atoms with E-state index in [0.29, 0.717) is 16.9 Å². The summed E-state index contributed by atoms with van der Waals surface area (Å²) in [4.78, 5) is 24.4. The molecule has 0 saturated carbocycles. The van der Waals surface area contributed by atoms with Gasteiger partial charge in [-0.2, -0.15) is 3.22 Å². The molecule has 1 aliphatic carbocycles. The van der Waals surface area contributed by atoms with Crippen LogP contribution in [0.15, 0.2) is 42.0 Å². The Hall–Kier alpha value is -1.75. The quantitative estimate of drug-likeness (QED) is 0.182. The van der Waals surface area contributed by atoms with E-state index in [2.05, 4.69) is 0 Å². The molecule has 0 amide bonds. The van der Waals surface area contributed by atoms with Crippen molar-refractivity contribution in [1.82, 2.24) is 3.22 Å². The number of nitrogens with two attached hydrogens (primary N) is 1. The molecular formula is C16H15IN2O5. The number of rotatable bonds is 3. The highest BCUT2D eigenvalue weighted by molar-refractivity contribution is 14.1. The van der Waals surface area contributed by atoms with E-state index in [0.717, 1.165) is 0 Å². The summed E-state index contributed by atoms with van der Waals surface area (Å²) in [6, 6.07) is 4.88. The first kappa shape index (κ1) is 17.1. The van der Waals surface area contributed by atoms with Gasteiger partial charge in [0.05, 0.1) is 18.2 Å². The lowest BCUT2D eigenvalue weighted by atomic mass is 10.0. The maximum atomic E-state index is 12.3. The number of allylic oxidation sites excluding steroid dienone is 2. The van der Waals surface area contributed by atoms with Crippen LogP contribution in [-0.2, 0) is 20.9 Å². The molecule has 2 aliphatic rings. The van der Waals surface area contributed by atoms with Gasteiger partial charge in [0.25, 0.3) is 0 Å². The molecule has 7 nitrogen and oxygen atoms in total. The monoisotopic (exact) mass is 442 g/mol. The van der Waals surface area contributed by atoms with Gasteiger partial charge in [-0.15, -0.1) is 0 Å². The van der Waals surface area contributed by atoms with Crippen molar-refractivity contribution < 1.29 is 24.2 Å². The van der Waals surface area contributed by atoms with Crippen molar-refractivity contribution in [3.05, 3.63) is 53.1 Å². The number of halogens is 1. The number of aliphatic hydroxyl groups is 1. The minimum absolute atomic E-state index is 0.0529. The molecule has 1 aromatic rings. The molecule has 0 bridgehead atoms. The Morgan fingerprint density at radius 3 is 2.96 bits per heavy atom. The van der Waals surface area contributed by atoms with Gasteiger partial charge in [0.1, 0.15) is 18.3 Å². The minimum Gasteiger partial charge on any atom is -0.457 e. The molecule has 0 fully saturated rings. The first-order chi connectivity index (χ1) is 11.5. The zero-order valence-electron chi connectivity index (χ0n) is 12.5. The highest BCUT2D eigenvalue weighted by Crippen LogP contribution is 2.30. The van der Waals surface area contributed by atoms with Gasteiger partial charge in [-0.3, -0.25) is 10.6 Å². The van der Waals surface area contributed by atoms with E-state index >= 15 is 0 Å². The third-order valence-electron chi connectivity index (χ3n) is 3.79. The standard InChI is InChI=1S/C16H15IN2O5/c17-19(18)7-13(20)9-4-5-14-10(6-9)8-23-15(21)11-2-1-3-12(11)16(22)24-14/h1-6,12-13,20H,7-8,18H2. The number of hydrogen-bond acceptors (Lipinski definition) is 7. The maximum Gasteiger partial charge on any atom is 0.335 e. The topological polar surface area (TPSA) is 102 Å². The molecular weight excluding hydrogens is 427 g/mol. The summed E-state index contributed by atoms with van der Waals surface area (Å²) in [7, 11) is 0. The lowest BCUT2D eigenvalue weighted by Gasteiger charge is -2.16. The lowest BCUT2D eigenvalue weighted by molar-refractivity contribution is -0.143. The molecule has 0 spiro atoms. The number of carbonyl (C=O) groups excluding carboxylic acids is 2. The summed E-state index contributed by atoms with van der Waals surface area (Å²) in [6.45, 7) is 0.168. The van der Waals surface area contributed by atoms with Crippen molar-refractivity contribution in [3.8, 4) is 5.75 Å². The fourth-order valence-corrected chi connectivity index (χ4v) is 2.94. The van der Waals surface area contributed by atoms with Crippen LogP contribution >= 0.6 is 22.9 Å². The predicted octanol–water partition coefficient (Wildman–Crippen LogP) is 1.32. The fraction of sp³-hybridized carbons (Fsp3) is 0.250. The van der Waals surface area contributed by atoms with E-state index in [1.165, 1.54) is 3.22 Å². The molecule has 2 unspecified atom stereocenters. The van der Waals surface area contributed by atoms with Crippen molar-refractivity contribution in [3.63, 3.8) is 0 Å². The van der Waals surface area contributed by atoms with Crippen molar-refractivity contribution in [2.24, 2.45) is 11.8 Å². The first-order valence-corrected chi connectivity index (χ1v) is 8.18. The Balaban J connectivity index is 1.90. The largest absolute Gasteiger partial charge is 0.457 e. The van der Waals surface area contributed by atoms with Gasteiger partial charge in [-0.05, 0) is 17.7 Å². The van der Waals surface area contributed by atoms with Gasteiger partial charge in [0.15, 0.2) is 0 Å². The average Bonchev–Trinajstić information content (AvgIpc) is 3.02. The summed E-state index contributed by atoms with van der Waals surface area (Å²) < 4.78 is 12.0. The van der Waals surface area contributed by atoms with E-state index in [9.17, 15) is 14.7 Å². The van der Waals surface area contributed by atoms with E-state index in [-0.39, 0.29) is 18.7 Å². The lowest BCUT2D eigenvalue weighted by Crippen LogP contribution is -2.25. The van der Waals surface area contributed by atoms with Crippen LogP contribution in [0.3, 0.4) is 0 Å². The average molecular weight is 442 g/mol. The Kier molecular flexibility index (Phi) is 4.99. The summed E-state index contributed by atoms with van der Waals surface area (Å²) in [6.07, 6.45) is 3.96. The number of nitrogens with zero attached hydrogens (tertiary/aromatic N) is 1. The molecule has 0 radical (unpaired) electrons.